The van der Waals surface area contributed by atoms with Crippen LogP contribution in [-0.4, -0.2) is 48.7 Å². The first-order valence-corrected chi connectivity index (χ1v) is 8.74. The van der Waals surface area contributed by atoms with E-state index in [-0.39, 0.29) is 19.0 Å². The SMILES string of the molecule is COC(=O)CNC(=O)CNC(=O)CCSSc1ccccn1. The van der Waals surface area contributed by atoms with Crippen LogP contribution < -0.4 is 10.6 Å². The molecule has 1 heterocycles. The quantitative estimate of drug-likeness (QED) is 0.385. The predicted molar refractivity (Wildman–Crippen MR) is 85.2 cm³/mol. The zero-order valence-electron chi connectivity index (χ0n) is 12.0. The van der Waals surface area contributed by atoms with Gasteiger partial charge >= 0.3 is 5.97 Å². The highest BCUT2D eigenvalue weighted by Crippen LogP contribution is 2.29. The Balaban J connectivity index is 2.06. The molecule has 0 aliphatic heterocycles. The fraction of sp³-hybridized carbons (Fsp3) is 0.385. The maximum absolute atomic E-state index is 11.5. The molecule has 0 spiro atoms. The minimum absolute atomic E-state index is 0.159. The number of nitrogens with zero attached hydrogens (tertiary/aromatic N) is 1. The molecule has 1 aromatic heterocycles. The van der Waals surface area contributed by atoms with Gasteiger partial charge in [-0.2, -0.15) is 0 Å². The van der Waals surface area contributed by atoms with Crippen molar-refractivity contribution in [1.82, 2.24) is 15.6 Å². The highest BCUT2D eigenvalue weighted by Gasteiger charge is 2.07. The second-order valence-corrected chi connectivity index (χ2v) is 6.39. The van der Waals surface area contributed by atoms with Gasteiger partial charge in [0.05, 0.1) is 13.7 Å². The topological polar surface area (TPSA) is 97.4 Å². The minimum atomic E-state index is -0.539. The molecule has 0 saturated carbocycles. The van der Waals surface area contributed by atoms with Gasteiger partial charge in [0.15, 0.2) is 0 Å². The van der Waals surface area contributed by atoms with Gasteiger partial charge in [-0.15, -0.1) is 0 Å². The van der Waals surface area contributed by atoms with Crippen LogP contribution in [0.5, 0.6) is 0 Å². The summed E-state index contributed by atoms with van der Waals surface area (Å²) in [6, 6.07) is 5.63. The Morgan fingerprint density at radius 2 is 1.95 bits per heavy atom. The smallest absolute Gasteiger partial charge is 0.325 e. The number of carbonyl (C=O) groups is 3. The Hall–Kier alpha value is -1.74. The van der Waals surface area contributed by atoms with Crippen LogP contribution in [0.3, 0.4) is 0 Å². The van der Waals surface area contributed by atoms with Gasteiger partial charge in [0, 0.05) is 18.4 Å². The van der Waals surface area contributed by atoms with Crippen LogP contribution in [0.15, 0.2) is 29.4 Å². The van der Waals surface area contributed by atoms with Crippen molar-refractivity contribution in [1.29, 1.82) is 0 Å². The van der Waals surface area contributed by atoms with E-state index in [9.17, 15) is 14.4 Å². The largest absolute Gasteiger partial charge is 0.468 e. The zero-order chi connectivity index (χ0) is 16.2. The first-order valence-electron chi connectivity index (χ1n) is 6.42. The molecule has 0 fully saturated rings. The molecule has 22 heavy (non-hydrogen) atoms. The average molecular weight is 343 g/mol. The molecular formula is C13H17N3O4S2. The lowest BCUT2D eigenvalue weighted by Crippen LogP contribution is -2.39. The minimum Gasteiger partial charge on any atom is -0.468 e. The number of hydrogen-bond acceptors (Lipinski definition) is 7. The van der Waals surface area contributed by atoms with Crippen molar-refractivity contribution in [2.45, 2.75) is 11.4 Å². The molecule has 0 saturated heterocycles. The van der Waals surface area contributed by atoms with Crippen molar-refractivity contribution in [3.63, 3.8) is 0 Å². The lowest BCUT2D eigenvalue weighted by atomic mass is 10.4. The number of hydrogen-bond donors (Lipinski definition) is 2. The van der Waals surface area contributed by atoms with E-state index >= 15 is 0 Å². The lowest BCUT2D eigenvalue weighted by molar-refractivity contribution is -0.141. The third-order valence-corrected chi connectivity index (χ3v) is 4.56. The molecule has 120 valence electrons. The summed E-state index contributed by atoms with van der Waals surface area (Å²) in [5, 5.41) is 5.70. The summed E-state index contributed by atoms with van der Waals surface area (Å²) >= 11 is 0. The van der Waals surface area contributed by atoms with Gasteiger partial charge < -0.3 is 15.4 Å². The molecule has 2 N–H and O–H groups in total. The fourth-order valence-corrected chi connectivity index (χ4v) is 3.07. The van der Waals surface area contributed by atoms with Crippen LogP contribution in [0.4, 0.5) is 0 Å². The maximum atomic E-state index is 11.5. The van der Waals surface area contributed by atoms with Crippen molar-refractivity contribution in [2.75, 3.05) is 26.0 Å². The Kier molecular flexibility index (Phi) is 9.08. The Morgan fingerprint density at radius 3 is 2.64 bits per heavy atom. The molecule has 0 radical (unpaired) electrons. The van der Waals surface area contributed by atoms with Crippen molar-refractivity contribution in [2.24, 2.45) is 0 Å². The van der Waals surface area contributed by atoms with E-state index in [1.165, 1.54) is 28.7 Å². The van der Waals surface area contributed by atoms with E-state index in [0.717, 1.165) is 5.03 Å². The number of esters is 1. The van der Waals surface area contributed by atoms with E-state index in [1.54, 1.807) is 6.20 Å². The van der Waals surface area contributed by atoms with Gasteiger partial charge in [0.1, 0.15) is 11.6 Å². The Bertz CT molecular complexity index is 499. The van der Waals surface area contributed by atoms with Crippen molar-refractivity contribution < 1.29 is 19.1 Å². The van der Waals surface area contributed by atoms with Crippen LogP contribution in [-0.2, 0) is 19.1 Å². The zero-order valence-corrected chi connectivity index (χ0v) is 13.7. The molecule has 9 heteroatoms. The van der Waals surface area contributed by atoms with E-state index in [1.807, 2.05) is 18.2 Å². The van der Waals surface area contributed by atoms with E-state index in [4.69, 9.17) is 0 Å². The summed E-state index contributed by atoms with van der Waals surface area (Å²) in [5.41, 5.74) is 0. The number of nitrogens with one attached hydrogen (secondary N) is 2. The fourth-order valence-electron chi connectivity index (χ4n) is 1.21. The third kappa shape index (κ3) is 8.53. The van der Waals surface area contributed by atoms with Gasteiger partial charge in [-0.05, 0) is 22.9 Å². The van der Waals surface area contributed by atoms with E-state index < -0.39 is 11.9 Å². The van der Waals surface area contributed by atoms with Gasteiger partial charge in [-0.3, -0.25) is 14.4 Å². The highest BCUT2D eigenvalue weighted by molar-refractivity contribution is 8.76. The van der Waals surface area contributed by atoms with E-state index in [2.05, 4.69) is 20.4 Å². The Labute approximate surface area is 136 Å². The monoisotopic (exact) mass is 343 g/mol. The van der Waals surface area contributed by atoms with Gasteiger partial charge in [0.25, 0.3) is 0 Å². The third-order valence-electron chi connectivity index (χ3n) is 2.30. The summed E-state index contributed by atoms with van der Waals surface area (Å²) in [6.45, 7) is -0.365. The number of methoxy groups -OCH3 is 1. The molecule has 0 aliphatic rings. The summed E-state index contributed by atoms with van der Waals surface area (Å²) in [4.78, 5) is 37.8. The van der Waals surface area contributed by atoms with Crippen LogP contribution >= 0.6 is 21.6 Å². The number of aromatic nitrogens is 1. The van der Waals surface area contributed by atoms with Crippen LogP contribution in [0, 0.1) is 0 Å². The van der Waals surface area contributed by atoms with Crippen LogP contribution in [0.2, 0.25) is 0 Å². The van der Waals surface area contributed by atoms with Gasteiger partial charge in [-0.25, -0.2) is 4.98 Å². The van der Waals surface area contributed by atoms with Crippen molar-refractivity contribution >= 4 is 39.4 Å². The first-order chi connectivity index (χ1) is 10.6. The number of carbonyl (C=O) groups excluding carboxylic acids is 3. The summed E-state index contributed by atoms with van der Waals surface area (Å²) in [7, 11) is 4.25. The summed E-state index contributed by atoms with van der Waals surface area (Å²) in [6.07, 6.45) is 2.01. The molecule has 1 rings (SSSR count). The molecule has 1 aromatic rings. The number of amides is 2. The van der Waals surface area contributed by atoms with Gasteiger partial charge in [0.2, 0.25) is 11.8 Å². The van der Waals surface area contributed by atoms with E-state index in [0.29, 0.717) is 12.2 Å². The second-order valence-electron chi connectivity index (χ2n) is 3.95. The van der Waals surface area contributed by atoms with Crippen LogP contribution in [0.1, 0.15) is 6.42 Å². The lowest BCUT2D eigenvalue weighted by Gasteiger charge is -2.06. The molecule has 0 bridgehead atoms. The molecule has 7 nitrogen and oxygen atoms in total. The van der Waals surface area contributed by atoms with Crippen LogP contribution in [0.25, 0.3) is 0 Å². The molecule has 0 atom stereocenters. The molecule has 2 amide bonds. The standard InChI is InChI=1S/C13H17N3O4S2/c1-20-13(19)9-16-11(18)8-15-10(17)5-7-21-22-12-4-2-3-6-14-12/h2-4,6H,5,7-9H2,1H3,(H,15,17)(H,16,18). The Morgan fingerprint density at radius 1 is 1.18 bits per heavy atom. The highest BCUT2D eigenvalue weighted by atomic mass is 33.1. The summed E-state index contributed by atoms with van der Waals surface area (Å²) < 4.78 is 4.38. The average Bonchev–Trinajstić information content (AvgIpc) is 2.55. The molecule has 0 aromatic carbocycles. The van der Waals surface area contributed by atoms with Gasteiger partial charge in [-0.1, -0.05) is 16.9 Å². The molecular weight excluding hydrogens is 326 g/mol. The maximum Gasteiger partial charge on any atom is 0.325 e. The summed E-state index contributed by atoms with van der Waals surface area (Å²) in [5.74, 6) is -0.587. The molecule has 0 aliphatic carbocycles. The van der Waals surface area contributed by atoms with Crippen molar-refractivity contribution in [3.8, 4) is 0 Å². The number of rotatable bonds is 9. The first kappa shape index (κ1) is 18.3. The van der Waals surface area contributed by atoms with Crippen molar-refractivity contribution in [3.05, 3.63) is 24.4 Å². The normalized spacial score (nSPS) is 9.86. The predicted octanol–water partition coefficient (Wildman–Crippen LogP) is 0.617. The number of ether oxygens (including phenoxy) is 1. The molecule has 0 unspecified atom stereocenters. The second kappa shape index (κ2) is 10.9. The number of pyridine rings is 1.